The van der Waals surface area contributed by atoms with E-state index >= 15 is 0 Å². The second-order valence-electron chi connectivity index (χ2n) is 15.5. The Morgan fingerprint density at radius 2 is 0.586 bits per heavy atom. The van der Waals surface area contributed by atoms with Gasteiger partial charge in [0.15, 0.2) is 0 Å². The maximum Gasteiger partial charge on any atom is 0.485 e. The van der Waals surface area contributed by atoms with Gasteiger partial charge in [-0.2, -0.15) is 37.5 Å². The minimum Gasteiger partial charge on any atom is -0.181 e. The summed E-state index contributed by atoms with van der Waals surface area (Å²) in [7, 11) is 0.457. The Bertz CT molecular complexity index is 2560. The van der Waals surface area contributed by atoms with Crippen LogP contribution in [0.2, 0.25) is 0 Å². The third-order valence-corrected chi connectivity index (χ3v) is 17.6. The highest BCUT2D eigenvalue weighted by Gasteiger charge is 2.59. The van der Waals surface area contributed by atoms with Crippen molar-refractivity contribution in [3.05, 3.63) is 146 Å². The third kappa shape index (κ3) is 5.37. The number of fused-ring (bicyclic) bond motifs is 14. The average molecular weight is 805 g/mol. The zero-order chi connectivity index (χ0) is 40.1. The summed E-state index contributed by atoms with van der Waals surface area (Å²) < 4.78 is 21.7. The van der Waals surface area contributed by atoms with Crippen molar-refractivity contribution in [2.75, 3.05) is 46.9 Å². The number of hydrogen-bond donors (Lipinski definition) is 2. The van der Waals surface area contributed by atoms with Gasteiger partial charge >= 0.3 is 16.0 Å². The van der Waals surface area contributed by atoms with Gasteiger partial charge in [-0.25, -0.2) is 0 Å². The van der Waals surface area contributed by atoms with Crippen LogP contribution in [0, 0.1) is 0 Å². The summed E-state index contributed by atoms with van der Waals surface area (Å²) in [4.78, 5) is 26.3. The van der Waals surface area contributed by atoms with Gasteiger partial charge in [0.1, 0.15) is 12.2 Å². The monoisotopic (exact) mass is 804 g/mol. The molecule has 290 valence electrons. The van der Waals surface area contributed by atoms with Crippen molar-refractivity contribution in [2.45, 2.75) is 26.1 Å². The Hall–Kier alpha value is -5.30. The Kier molecular flexibility index (Phi) is 8.70. The molecule has 0 radical (unpaired) electrons. The van der Waals surface area contributed by atoms with Crippen LogP contribution in [0.5, 0.6) is 0 Å². The SMILES string of the molecule is C[C@H](O[P+]1(O)N(C)c2ccc3ccccc3c2-c2c(ccc3ccccc23)N1C)[C@@H](C)O[P+]1(O)N(C)c2ccc3ccccc3c2-c2c(ccc3ccccc23)N1C. The Labute approximate surface area is 340 Å². The van der Waals surface area contributed by atoms with Crippen LogP contribution < -0.4 is 18.7 Å². The summed E-state index contributed by atoms with van der Waals surface area (Å²) in [5.74, 6) is 0. The van der Waals surface area contributed by atoms with Gasteiger partial charge in [0, 0.05) is 22.3 Å². The molecule has 0 unspecified atom stereocenters. The van der Waals surface area contributed by atoms with E-state index in [1.165, 1.54) is 0 Å². The molecule has 0 bridgehead atoms. The van der Waals surface area contributed by atoms with Crippen molar-refractivity contribution >= 4 is 81.9 Å². The second-order valence-corrected chi connectivity index (χ2v) is 20.3. The molecule has 0 aromatic heterocycles. The number of nitrogens with zero attached hydrogens (tertiary/aromatic N) is 4. The van der Waals surface area contributed by atoms with Crippen molar-refractivity contribution < 1.29 is 18.8 Å². The van der Waals surface area contributed by atoms with Gasteiger partial charge in [0.25, 0.3) is 0 Å². The van der Waals surface area contributed by atoms with E-state index < -0.39 is 28.2 Å². The lowest BCUT2D eigenvalue weighted by molar-refractivity contribution is 0.0688. The van der Waals surface area contributed by atoms with E-state index in [-0.39, 0.29) is 0 Å². The van der Waals surface area contributed by atoms with E-state index in [9.17, 15) is 9.79 Å². The summed E-state index contributed by atoms with van der Waals surface area (Å²) in [5.41, 5.74) is 7.70. The van der Waals surface area contributed by atoms with Gasteiger partial charge in [-0.3, -0.25) is 0 Å². The Morgan fingerprint density at radius 3 is 0.828 bits per heavy atom. The van der Waals surface area contributed by atoms with E-state index in [4.69, 9.17) is 9.05 Å². The number of rotatable bonds is 5. The molecule has 0 aliphatic carbocycles. The smallest absolute Gasteiger partial charge is 0.181 e. The summed E-state index contributed by atoms with van der Waals surface area (Å²) >= 11 is 0. The molecule has 2 aliphatic heterocycles. The number of benzene rings is 8. The molecule has 8 aromatic carbocycles. The molecule has 2 heterocycles. The molecule has 8 aromatic rings. The highest BCUT2D eigenvalue weighted by atomic mass is 31.2. The zero-order valence-electron chi connectivity index (χ0n) is 33.4. The van der Waals surface area contributed by atoms with Crippen molar-refractivity contribution in [2.24, 2.45) is 0 Å². The van der Waals surface area contributed by atoms with Gasteiger partial charge in [-0.15, -0.1) is 0 Å². The van der Waals surface area contributed by atoms with Crippen molar-refractivity contribution in [1.82, 2.24) is 0 Å². The van der Waals surface area contributed by atoms with E-state index in [0.29, 0.717) is 0 Å². The quantitative estimate of drug-likeness (QED) is 0.167. The molecule has 2 N–H and O–H groups in total. The molecular weight excluding hydrogens is 758 g/mol. The minimum atomic E-state index is -3.61. The molecule has 8 nitrogen and oxygen atoms in total. The molecule has 58 heavy (non-hydrogen) atoms. The van der Waals surface area contributed by atoms with Crippen molar-refractivity contribution in [1.29, 1.82) is 0 Å². The maximum atomic E-state index is 13.1. The van der Waals surface area contributed by atoms with E-state index in [1.807, 2.05) is 60.7 Å². The summed E-state index contributed by atoms with van der Waals surface area (Å²) in [6.07, 6.45) is -1.31. The fraction of sp³-hybridized carbons (Fsp3) is 0.167. The molecule has 0 fully saturated rings. The standard InChI is InChI=1S/C48H46N4O4P2/c1-31(55-57(53)49(3)41-27-23-33-15-7-11-19-37(33)45(41)46-38-20-12-8-16-34(38)24-28-42(46)50(57)4)32(2)56-58(54)51(5)43-29-25-35-17-9-13-21-39(35)47(43)48-40-22-14-10-18-36(40)26-30-44(48)52(58)6/h7-32,53-54H,1-6H3/q+2/t31-,32+. The zero-order valence-corrected chi connectivity index (χ0v) is 35.2. The largest absolute Gasteiger partial charge is 0.485 e. The van der Waals surface area contributed by atoms with Gasteiger partial charge in [0.2, 0.25) is 0 Å². The first kappa shape index (κ1) is 37.0. The van der Waals surface area contributed by atoms with Crippen molar-refractivity contribution in [3.63, 3.8) is 0 Å². The first-order valence-corrected chi connectivity index (χ1v) is 22.8. The lowest BCUT2D eigenvalue weighted by Crippen LogP contribution is -2.40. The van der Waals surface area contributed by atoms with Crippen LogP contribution in [0.15, 0.2) is 146 Å². The Balaban J connectivity index is 1.07. The fourth-order valence-corrected chi connectivity index (χ4v) is 13.4. The summed E-state index contributed by atoms with van der Waals surface area (Å²) in [6, 6.07) is 50.4. The highest BCUT2D eigenvalue weighted by Crippen LogP contribution is 2.71. The van der Waals surface area contributed by atoms with Crippen LogP contribution in [-0.2, 0) is 9.05 Å². The van der Waals surface area contributed by atoms with E-state index in [1.54, 1.807) is 0 Å². The number of hydrogen-bond acceptors (Lipinski definition) is 8. The molecule has 0 saturated carbocycles. The van der Waals surface area contributed by atoms with Crippen LogP contribution in [0.4, 0.5) is 22.7 Å². The van der Waals surface area contributed by atoms with E-state index in [0.717, 1.165) is 88.1 Å². The molecular formula is C48H46N4O4P2+2. The molecule has 2 atom stereocenters. The normalized spacial score (nSPS) is 16.8. The van der Waals surface area contributed by atoms with Crippen LogP contribution in [0.25, 0.3) is 65.3 Å². The minimum absolute atomic E-state index is 0.657. The molecule has 0 spiro atoms. The first-order valence-electron chi connectivity index (χ1n) is 19.7. The average Bonchev–Trinajstić information content (AvgIpc) is 3.37. The third-order valence-electron chi connectivity index (χ3n) is 12.4. The Morgan fingerprint density at radius 1 is 0.362 bits per heavy atom. The highest BCUT2D eigenvalue weighted by molar-refractivity contribution is 7.69. The molecule has 0 saturated heterocycles. The topological polar surface area (TPSA) is 71.9 Å². The lowest BCUT2D eigenvalue weighted by Gasteiger charge is -2.37. The predicted molar refractivity (Wildman–Crippen MR) is 247 cm³/mol. The van der Waals surface area contributed by atoms with Crippen LogP contribution in [0.3, 0.4) is 0 Å². The summed E-state index contributed by atoms with van der Waals surface area (Å²) in [6.45, 7) is 3.84. The second kappa shape index (κ2) is 13.6. The molecule has 10 heteroatoms. The van der Waals surface area contributed by atoms with Crippen LogP contribution in [-0.4, -0.2) is 50.2 Å². The fourth-order valence-electron chi connectivity index (χ4n) is 9.03. The number of anilines is 4. The van der Waals surface area contributed by atoms with Gasteiger partial charge in [-0.05, 0) is 81.2 Å². The van der Waals surface area contributed by atoms with Crippen molar-refractivity contribution in [3.8, 4) is 22.3 Å². The van der Waals surface area contributed by atoms with Crippen LogP contribution in [0.1, 0.15) is 13.8 Å². The van der Waals surface area contributed by atoms with Gasteiger partial charge < -0.3 is 0 Å². The predicted octanol–water partition coefficient (Wildman–Crippen LogP) is 12.3. The van der Waals surface area contributed by atoms with Gasteiger partial charge in [-0.1, -0.05) is 121 Å². The first-order chi connectivity index (χ1) is 28.0. The summed E-state index contributed by atoms with van der Waals surface area (Å²) in [5, 5.41) is 8.88. The molecule has 10 rings (SSSR count). The van der Waals surface area contributed by atoms with E-state index in [2.05, 4.69) is 146 Å². The molecule has 2 aliphatic rings. The maximum absolute atomic E-state index is 13.1. The van der Waals surface area contributed by atoms with Crippen LogP contribution >= 0.6 is 16.0 Å². The van der Waals surface area contributed by atoms with Gasteiger partial charge in [0.05, 0.1) is 50.9 Å². The lowest BCUT2D eigenvalue weighted by atomic mass is 9.91. The molecule has 0 amide bonds.